The summed E-state index contributed by atoms with van der Waals surface area (Å²) in [5.41, 5.74) is -1.63. The average Bonchev–Trinajstić information content (AvgIpc) is 3.19. The molecule has 0 radical (unpaired) electrons. The van der Waals surface area contributed by atoms with Gasteiger partial charge in [0.25, 0.3) is 5.69 Å². The van der Waals surface area contributed by atoms with Crippen molar-refractivity contribution in [1.29, 1.82) is 0 Å². The Morgan fingerprint density at radius 1 is 1.38 bits per heavy atom. The molecule has 4 atom stereocenters. The molecule has 0 aliphatic carbocycles. The number of fused-ring (bicyclic) bond motifs is 5. The number of amides is 2. The number of halogens is 1. The molecule has 2 saturated heterocycles. The summed E-state index contributed by atoms with van der Waals surface area (Å²) in [5.74, 6) is -2.76. The Hall–Kier alpha value is -2.10. The molecule has 24 heavy (non-hydrogen) atoms. The average molecular weight is 395 g/mol. The Labute approximate surface area is 144 Å². The first-order chi connectivity index (χ1) is 11.4. The summed E-state index contributed by atoms with van der Waals surface area (Å²) in [6, 6.07) is 4.14. The van der Waals surface area contributed by atoms with E-state index in [1.165, 1.54) is 18.2 Å². The van der Waals surface area contributed by atoms with Gasteiger partial charge in [0.05, 0.1) is 29.5 Å². The summed E-state index contributed by atoms with van der Waals surface area (Å²) >= 11 is 3.14. The third-order valence-corrected chi connectivity index (χ3v) is 5.27. The van der Waals surface area contributed by atoms with Gasteiger partial charge in [-0.1, -0.05) is 28.1 Å². The highest BCUT2D eigenvalue weighted by Gasteiger charge is 2.68. The lowest BCUT2D eigenvalue weighted by Gasteiger charge is -2.26. The molecular formula is C15H11BrN2O6. The van der Waals surface area contributed by atoms with Crippen molar-refractivity contribution in [3.8, 4) is 0 Å². The van der Waals surface area contributed by atoms with Gasteiger partial charge in [-0.15, -0.1) is 0 Å². The number of nitro benzene ring substituents is 1. The monoisotopic (exact) mass is 394 g/mol. The van der Waals surface area contributed by atoms with Crippen LogP contribution in [0.5, 0.6) is 0 Å². The summed E-state index contributed by atoms with van der Waals surface area (Å²) in [7, 11) is 0. The lowest BCUT2D eigenvalue weighted by Crippen LogP contribution is -2.43. The summed E-state index contributed by atoms with van der Waals surface area (Å²) in [6.45, 7) is -0.434. The maximum Gasteiger partial charge on any atom is 0.294 e. The second-order valence-corrected chi connectivity index (χ2v) is 6.88. The molecule has 0 aromatic heterocycles. The summed E-state index contributed by atoms with van der Waals surface area (Å²) in [5, 5.41) is 21.0. The predicted molar refractivity (Wildman–Crippen MR) is 84.1 cm³/mol. The minimum atomic E-state index is -1.22. The van der Waals surface area contributed by atoms with Gasteiger partial charge in [-0.05, 0) is 12.1 Å². The van der Waals surface area contributed by atoms with Crippen LogP contribution in [0.1, 0.15) is 0 Å². The Kier molecular flexibility index (Phi) is 3.18. The van der Waals surface area contributed by atoms with Crippen molar-refractivity contribution in [2.24, 2.45) is 11.8 Å². The maximum atomic E-state index is 12.9. The molecule has 2 amide bonds. The second-order valence-electron chi connectivity index (χ2n) is 5.96. The summed E-state index contributed by atoms with van der Waals surface area (Å²) in [6.07, 6.45) is 2.66. The van der Waals surface area contributed by atoms with Gasteiger partial charge in [-0.25, -0.2) is 4.90 Å². The van der Waals surface area contributed by atoms with E-state index >= 15 is 0 Å². The Balaban J connectivity index is 1.82. The molecule has 9 heteroatoms. The SMILES string of the molecule is O=C1[C@@H]2[C@H]3C=C[C@@](CO)(O3)[C@H]2C(=O)N1c1ccc(Br)cc1[N+](=O)[O-]. The van der Waals surface area contributed by atoms with Crippen LogP contribution in [0.2, 0.25) is 0 Å². The number of ether oxygens (including phenoxy) is 1. The second kappa shape index (κ2) is 4.95. The molecule has 3 aliphatic heterocycles. The number of hydrogen-bond acceptors (Lipinski definition) is 6. The molecule has 1 aromatic rings. The summed E-state index contributed by atoms with van der Waals surface area (Å²) in [4.78, 5) is 37.2. The van der Waals surface area contributed by atoms with Crippen molar-refractivity contribution in [2.45, 2.75) is 11.7 Å². The van der Waals surface area contributed by atoms with Crippen molar-refractivity contribution < 1.29 is 24.4 Å². The number of nitrogens with zero attached hydrogens (tertiary/aromatic N) is 2. The van der Waals surface area contributed by atoms with Crippen molar-refractivity contribution in [3.05, 3.63) is 44.9 Å². The fourth-order valence-electron chi connectivity index (χ4n) is 3.75. The van der Waals surface area contributed by atoms with Crippen LogP contribution in [-0.4, -0.2) is 40.2 Å². The number of carbonyl (C=O) groups is 2. The maximum absolute atomic E-state index is 12.9. The van der Waals surface area contributed by atoms with Gasteiger partial charge in [0.2, 0.25) is 11.8 Å². The fourth-order valence-corrected chi connectivity index (χ4v) is 4.10. The quantitative estimate of drug-likeness (QED) is 0.356. The third-order valence-electron chi connectivity index (χ3n) is 4.78. The van der Waals surface area contributed by atoms with Crippen molar-refractivity contribution in [2.75, 3.05) is 11.5 Å². The van der Waals surface area contributed by atoms with Crippen LogP contribution in [0, 0.1) is 22.0 Å². The van der Waals surface area contributed by atoms with Crippen LogP contribution in [0.25, 0.3) is 0 Å². The van der Waals surface area contributed by atoms with Crippen LogP contribution >= 0.6 is 15.9 Å². The Bertz CT molecular complexity index is 824. The van der Waals surface area contributed by atoms with Crippen molar-refractivity contribution in [3.63, 3.8) is 0 Å². The lowest BCUT2D eigenvalue weighted by molar-refractivity contribution is -0.384. The molecule has 0 spiro atoms. The highest BCUT2D eigenvalue weighted by molar-refractivity contribution is 9.10. The molecule has 4 rings (SSSR count). The van der Waals surface area contributed by atoms with E-state index in [2.05, 4.69) is 15.9 Å². The molecule has 124 valence electrons. The number of hydrogen-bond donors (Lipinski definition) is 1. The van der Waals surface area contributed by atoms with E-state index in [0.29, 0.717) is 4.47 Å². The number of anilines is 1. The Morgan fingerprint density at radius 2 is 2.12 bits per heavy atom. The van der Waals surface area contributed by atoms with Gasteiger partial charge in [-0.3, -0.25) is 19.7 Å². The standard InChI is InChI=1S/C15H11BrN2O6/c16-7-1-2-8(9(5-7)18(22)23)17-13(20)11-10-3-4-15(6-19,24-10)12(11)14(17)21/h1-5,10-12,19H,6H2/t10-,11-,12-,15+/m1/s1. The van der Waals surface area contributed by atoms with E-state index in [1.807, 2.05) is 0 Å². The molecule has 1 aromatic carbocycles. The predicted octanol–water partition coefficient (Wildman–Crippen LogP) is 1.16. The topological polar surface area (TPSA) is 110 Å². The molecular weight excluding hydrogens is 384 g/mol. The van der Waals surface area contributed by atoms with E-state index in [-0.39, 0.29) is 11.4 Å². The fraction of sp³-hybridized carbons (Fsp3) is 0.333. The molecule has 8 nitrogen and oxygen atoms in total. The molecule has 0 saturated carbocycles. The minimum absolute atomic E-state index is 0.0694. The molecule has 2 fully saturated rings. The zero-order chi connectivity index (χ0) is 17.2. The van der Waals surface area contributed by atoms with Crippen LogP contribution < -0.4 is 4.90 Å². The van der Waals surface area contributed by atoms with E-state index in [1.54, 1.807) is 12.2 Å². The molecule has 2 bridgehead atoms. The van der Waals surface area contributed by atoms with E-state index in [9.17, 15) is 24.8 Å². The van der Waals surface area contributed by atoms with E-state index in [4.69, 9.17) is 4.74 Å². The van der Waals surface area contributed by atoms with Gasteiger partial charge in [0.1, 0.15) is 11.3 Å². The van der Waals surface area contributed by atoms with Gasteiger partial charge >= 0.3 is 0 Å². The zero-order valence-electron chi connectivity index (χ0n) is 12.1. The van der Waals surface area contributed by atoms with Crippen LogP contribution in [-0.2, 0) is 14.3 Å². The summed E-state index contributed by atoms with van der Waals surface area (Å²) < 4.78 is 6.09. The molecule has 1 N–H and O–H groups in total. The molecule has 3 aliphatic rings. The molecule has 3 heterocycles. The number of rotatable bonds is 3. The zero-order valence-corrected chi connectivity index (χ0v) is 13.7. The van der Waals surface area contributed by atoms with Gasteiger partial charge in [0, 0.05) is 10.5 Å². The van der Waals surface area contributed by atoms with E-state index < -0.39 is 46.9 Å². The first kappa shape index (κ1) is 15.4. The van der Waals surface area contributed by atoms with Crippen LogP contribution in [0.3, 0.4) is 0 Å². The smallest absolute Gasteiger partial charge is 0.294 e. The highest BCUT2D eigenvalue weighted by atomic mass is 79.9. The minimum Gasteiger partial charge on any atom is -0.393 e. The van der Waals surface area contributed by atoms with Gasteiger partial charge in [0.15, 0.2) is 0 Å². The number of carbonyl (C=O) groups excluding carboxylic acids is 2. The van der Waals surface area contributed by atoms with Gasteiger partial charge < -0.3 is 9.84 Å². The van der Waals surface area contributed by atoms with E-state index in [0.717, 1.165) is 4.90 Å². The number of imide groups is 1. The molecule has 0 unspecified atom stereocenters. The van der Waals surface area contributed by atoms with Crippen LogP contribution in [0.4, 0.5) is 11.4 Å². The van der Waals surface area contributed by atoms with Crippen molar-refractivity contribution in [1.82, 2.24) is 0 Å². The lowest BCUT2D eigenvalue weighted by atomic mass is 9.77. The normalized spacial score (nSPS) is 33.4. The number of aliphatic hydroxyl groups is 1. The number of benzene rings is 1. The van der Waals surface area contributed by atoms with Crippen LogP contribution in [0.15, 0.2) is 34.8 Å². The van der Waals surface area contributed by atoms with Crippen molar-refractivity contribution >= 4 is 39.1 Å². The number of nitro groups is 1. The first-order valence-electron chi connectivity index (χ1n) is 7.19. The highest BCUT2D eigenvalue weighted by Crippen LogP contribution is 2.53. The van der Waals surface area contributed by atoms with Gasteiger partial charge in [-0.2, -0.15) is 0 Å². The third kappa shape index (κ3) is 1.80. The number of aliphatic hydroxyl groups excluding tert-OH is 1. The first-order valence-corrected chi connectivity index (χ1v) is 7.99. The Morgan fingerprint density at radius 3 is 2.79 bits per heavy atom. The largest absolute Gasteiger partial charge is 0.393 e.